The Morgan fingerprint density at radius 3 is 1.15 bits per heavy atom. The third kappa shape index (κ3) is 31.0. The van der Waals surface area contributed by atoms with Crippen molar-refractivity contribution < 1.29 is 112 Å². The number of nitrogen functional groups attached to an aromatic ring is 3. The van der Waals surface area contributed by atoms with E-state index in [2.05, 4.69) is 58.1 Å². The van der Waals surface area contributed by atoms with E-state index in [9.17, 15) is 56.4 Å². The van der Waals surface area contributed by atoms with Crippen molar-refractivity contribution in [2.24, 2.45) is 0 Å². The molecule has 13 N–H and O–H groups in total. The lowest BCUT2D eigenvalue weighted by atomic mass is 10.3. The van der Waals surface area contributed by atoms with E-state index in [0.717, 1.165) is 4.57 Å². The average molecular weight is 1510 g/mol. The fourth-order valence-corrected chi connectivity index (χ4v) is 11.7. The maximum Gasteiger partial charge on any atom is 0.355 e. The summed E-state index contributed by atoms with van der Waals surface area (Å²) in [7, 11) is -15.2. The number of ether oxygens (including phenoxy) is 5. The van der Waals surface area contributed by atoms with Gasteiger partial charge in [-0.3, -0.25) is 55.2 Å². The summed E-state index contributed by atoms with van der Waals surface area (Å²) >= 11 is 4.45. The van der Waals surface area contributed by atoms with Gasteiger partial charge < -0.3 is 108 Å². The van der Waals surface area contributed by atoms with Gasteiger partial charge >= 0.3 is 66.4 Å². The van der Waals surface area contributed by atoms with E-state index in [-0.39, 0.29) is 125 Å². The Kier molecular flexibility index (Phi) is 33.7. The lowest BCUT2D eigenvalue weighted by Crippen LogP contribution is -2.35. The molecule has 0 saturated carbocycles. The lowest BCUT2D eigenvalue weighted by Gasteiger charge is -2.28. The third-order valence-corrected chi connectivity index (χ3v) is 17.8. The zero-order chi connectivity index (χ0) is 73.0. The number of anilines is 5. The van der Waals surface area contributed by atoms with Crippen LogP contribution < -0.4 is 56.3 Å². The Labute approximate surface area is 559 Å². The molecular weight excluding hydrogens is 1440 g/mol. The molecule has 50 heteroatoms. The number of halogens is 1. The van der Waals surface area contributed by atoms with Crippen molar-refractivity contribution in [1.29, 1.82) is 0 Å². The van der Waals surface area contributed by atoms with Crippen molar-refractivity contribution in [1.82, 2.24) is 47.8 Å². The van der Waals surface area contributed by atoms with Crippen LogP contribution >= 0.6 is 49.8 Å². The monoisotopic (exact) mass is 1510 g/mol. The molecule has 4 fully saturated rings. The largest absolute Gasteiger partial charge is 0.394 e. The molecule has 0 aromatic carbocycles. The number of carbonyl (C=O) groups excluding carboxylic acids is 2. The predicted molar refractivity (Wildman–Crippen MR) is 341 cm³/mol. The number of rotatable bonds is 18. The molecule has 44 nitrogen and oxygen atoms in total. The minimum atomic E-state index is -4.31. The van der Waals surface area contributed by atoms with E-state index < -0.39 is 110 Å². The van der Waals surface area contributed by atoms with Crippen LogP contribution in [0.3, 0.4) is 0 Å². The van der Waals surface area contributed by atoms with Crippen molar-refractivity contribution in [3.05, 3.63) is 114 Å². The van der Waals surface area contributed by atoms with Crippen LogP contribution in [0.15, 0.2) is 85.3 Å². The number of hydrogen-bond donors (Lipinski definition) is 10. The molecule has 98 heavy (non-hydrogen) atoms. The van der Waals surface area contributed by atoms with Gasteiger partial charge in [-0.05, 0) is 30.3 Å². The molecule has 9 atom stereocenters. The number of nitrogens with one attached hydrogen (secondary N) is 2. The number of terminal acetylenes is 1. The summed E-state index contributed by atoms with van der Waals surface area (Å²) in [5, 5.41) is 13.8. The van der Waals surface area contributed by atoms with E-state index in [0.29, 0.717) is 0 Å². The molecule has 0 bridgehead atoms. The Morgan fingerprint density at radius 1 is 0.602 bits per heavy atom. The predicted octanol–water partition coefficient (Wildman–Crippen LogP) is -1.32. The number of nitrogens with zero attached hydrogens (tertiary/aromatic N) is 10. The summed E-state index contributed by atoms with van der Waals surface area (Å²) in [6, 6.07) is 7.38. The van der Waals surface area contributed by atoms with Crippen molar-refractivity contribution in [3.63, 3.8) is 0 Å². The van der Waals surface area contributed by atoms with Crippen molar-refractivity contribution in [3.8, 4) is 12.5 Å². The first kappa shape index (κ1) is 83.3. The first-order chi connectivity index (χ1) is 46.0. The van der Waals surface area contributed by atoms with Gasteiger partial charge in [-0.25, -0.2) is 24.0 Å². The van der Waals surface area contributed by atoms with E-state index in [4.69, 9.17) is 92.7 Å². The quantitative estimate of drug-likeness (QED) is 0.0359. The molecule has 0 radical (unpaired) electrons. The first-order valence-electron chi connectivity index (χ1n) is 27.7. The summed E-state index contributed by atoms with van der Waals surface area (Å²) in [4.78, 5) is 133. The number of aromatic nitrogens is 10. The van der Waals surface area contributed by atoms with Crippen molar-refractivity contribution in [2.75, 3.05) is 107 Å². The number of hydrogen-bond acceptors (Lipinski definition) is 33. The minimum absolute atomic E-state index is 0.0371. The highest BCUT2D eigenvalue weighted by atomic mass is 35.5. The zero-order valence-corrected chi connectivity index (χ0v) is 57.4. The maximum atomic E-state index is 11.8. The SMILES string of the molecule is C#COCl.CC(=O)Nc1ccn(CC2COP(=O)(O)CO2)c(=O)n1.COP1(=O)COC(Cn2ccc(N)nc2=O)CO1.COP1(=O)COC(Cn2ccc(NC(C)=O)nc2=O)CO1.Nc1ccn(CC(CO)OCP(=O)(O)O)c(=O)n1.Nc1ccn(CC2COP(=O)(O)CO2)c(=O)n1. The summed E-state index contributed by atoms with van der Waals surface area (Å²) in [5.41, 5.74) is 13.4. The summed E-state index contributed by atoms with van der Waals surface area (Å²) in [6.45, 7) is 2.93. The highest BCUT2D eigenvalue weighted by molar-refractivity contribution is 7.54. The zero-order valence-electron chi connectivity index (χ0n) is 52.2. The Hall–Kier alpha value is -7.10. The average Bonchev–Trinajstić information content (AvgIpc) is 0.870. The normalized spacial score (nSPS) is 23.7. The van der Waals surface area contributed by atoms with Gasteiger partial charge in [0.25, 0.3) is 0 Å². The molecule has 4 aliphatic rings. The van der Waals surface area contributed by atoms with Crippen LogP contribution in [0.25, 0.3) is 0 Å². The number of carbonyl (C=O) groups is 2. The molecule has 0 spiro atoms. The molecule has 4 saturated heterocycles. The second-order valence-corrected chi connectivity index (χ2v) is 29.4. The van der Waals surface area contributed by atoms with Gasteiger partial charge in [-0.1, -0.05) is 6.42 Å². The Bertz CT molecular complexity index is 4030. The lowest BCUT2D eigenvalue weighted by molar-refractivity contribution is -0.115. The fourth-order valence-electron chi connectivity index (χ4n) is 7.40. The van der Waals surface area contributed by atoms with E-state index in [1.165, 1.54) is 108 Å². The third-order valence-electron chi connectivity index (χ3n) is 12.1. The smallest absolute Gasteiger partial charge is 0.355 e. The molecule has 0 aliphatic carbocycles. The van der Waals surface area contributed by atoms with Gasteiger partial charge in [0, 0.05) is 59.1 Å². The Morgan fingerprint density at radius 2 is 0.908 bits per heavy atom. The van der Waals surface area contributed by atoms with Crippen LogP contribution in [0.4, 0.5) is 29.1 Å². The summed E-state index contributed by atoms with van der Waals surface area (Å²) < 4.78 is 121. The van der Waals surface area contributed by atoms with Crippen LogP contribution in [0.2, 0.25) is 0 Å². The molecule has 2 amide bonds. The van der Waals surface area contributed by atoms with Gasteiger partial charge in [-0.15, -0.1) is 0 Å². The highest BCUT2D eigenvalue weighted by Crippen LogP contribution is 2.51. The second kappa shape index (κ2) is 39.6. The van der Waals surface area contributed by atoms with Crippen LogP contribution in [0.5, 0.6) is 0 Å². The molecule has 5 aromatic rings. The topological polar surface area (TPSA) is 608 Å². The maximum absolute atomic E-state index is 11.8. The number of amides is 2. The minimum Gasteiger partial charge on any atom is -0.394 e. The molecule has 4 aliphatic heterocycles. The molecular formula is C48H71ClN15O29P5. The van der Waals surface area contributed by atoms with Crippen LogP contribution in [-0.2, 0) is 120 Å². The molecule has 9 unspecified atom stereocenters. The summed E-state index contributed by atoms with van der Waals surface area (Å²) in [5.74, 6) is 0.102. The van der Waals surface area contributed by atoms with Gasteiger partial charge in [-0.2, -0.15) is 24.9 Å². The molecule has 9 rings (SSSR count). The van der Waals surface area contributed by atoms with Crippen LogP contribution in [0.1, 0.15) is 13.8 Å². The Balaban J connectivity index is 0.000000257. The summed E-state index contributed by atoms with van der Waals surface area (Å²) in [6.07, 6.45) is 8.91. The van der Waals surface area contributed by atoms with Gasteiger partial charge in [0.15, 0.2) is 0 Å². The highest BCUT2D eigenvalue weighted by Gasteiger charge is 2.35. The van der Waals surface area contributed by atoms with E-state index >= 15 is 0 Å². The van der Waals surface area contributed by atoms with Gasteiger partial charge in [0.05, 0.1) is 71.9 Å². The number of nitrogens with two attached hydrogens (primary N) is 3. The second-order valence-electron chi connectivity index (χ2n) is 19.9. The van der Waals surface area contributed by atoms with Crippen LogP contribution in [0, 0.1) is 12.5 Å². The van der Waals surface area contributed by atoms with E-state index in [1.807, 2.05) is 0 Å². The van der Waals surface area contributed by atoms with Gasteiger partial charge in [0.1, 0.15) is 103 Å². The van der Waals surface area contributed by atoms with Crippen LogP contribution in [-0.4, -0.2) is 194 Å². The van der Waals surface area contributed by atoms with Crippen molar-refractivity contribution >= 4 is 90.7 Å². The first-order valence-corrected chi connectivity index (χ1v) is 36.7. The molecule has 544 valence electrons. The fraction of sp³-hybridized carbons (Fsp3) is 0.500. The molecule has 9 heterocycles. The van der Waals surface area contributed by atoms with Crippen molar-refractivity contribution in [2.45, 2.75) is 77.1 Å². The molecule has 5 aromatic heterocycles. The number of aliphatic hydroxyl groups is 1. The number of aliphatic hydroxyl groups excluding tert-OH is 1. The van der Waals surface area contributed by atoms with Gasteiger partial charge in [0.2, 0.25) is 11.8 Å². The standard InChI is InChI=1S/C11H16N3O6P.C10H14N3O6P.C9H14N3O5P.C8H14N3O6P.C8H12N3O5P.C2HClO/c1-8(15)12-10-3-4-14(11(16)13-10)5-9-6-20-21(17,18-2)7-19-9;1-7(14)11-9-2-3-13(10(15)12-9)4-8-5-19-20(16,17)6-18-8;1-15-18(14)6-16-7(5-17-18)4-12-3-2-8(10)11-9(12)13;9-7-1-2-11(8(13)10-7)3-6(4-12)17-5-18(14,15)16;9-7-1-2-11(8(12)10-7)3-6-4-16-17(13,14)5-15-6;1-2-4-3/h3-4,9H,5-7H2,1-2H3,(H,12,13,15,16);2-3,8H,4-6H2,1H3,(H,16,17)(H,11,12,14,15);2-3,7H,4-6H2,1H3,(H2,10,11,13);1-2,6,12H,3-5H2,(H2,9,10,13)(H2,14,15,16);1-2,6H,3-5H2,(H,13,14)(H2,9,10,12);1H. The van der Waals surface area contributed by atoms with E-state index in [1.54, 1.807) is 6.11 Å².